The Morgan fingerprint density at radius 2 is 2.21 bits per heavy atom. The molecule has 0 N–H and O–H groups in total. The molecule has 4 heterocycles. The number of carbonyl (C=O) groups excluding carboxylic acids is 1. The lowest BCUT2D eigenvalue weighted by atomic mass is 10.1. The third-order valence-electron chi connectivity index (χ3n) is 4.52. The fraction of sp³-hybridized carbons (Fsp3) is 0.375. The number of hydrogen-bond acceptors (Lipinski definition) is 4. The molecule has 0 saturated heterocycles. The van der Waals surface area contributed by atoms with Crippen LogP contribution >= 0.6 is 11.6 Å². The highest BCUT2D eigenvalue weighted by molar-refractivity contribution is 6.30. The average Bonchev–Trinajstić information content (AvgIpc) is 3.18. The molecule has 1 unspecified atom stereocenters. The summed E-state index contributed by atoms with van der Waals surface area (Å²) in [6, 6.07) is 3.47. The van der Waals surface area contributed by atoms with Gasteiger partial charge in [-0.15, -0.1) is 10.2 Å². The molecule has 3 aromatic heterocycles. The van der Waals surface area contributed by atoms with Crippen molar-refractivity contribution in [3.8, 4) is 0 Å². The Labute approximate surface area is 143 Å². The third kappa shape index (κ3) is 2.19. The number of aromatic nitrogens is 5. The van der Waals surface area contributed by atoms with Crippen LogP contribution in [0, 0.1) is 0 Å². The van der Waals surface area contributed by atoms with E-state index in [1.807, 2.05) is 29.4 Å². The minimum Gasteiger partial charge on any atom is -0.326 e. The van der Waals surface area contributed by atoms with Gasteiger partial charge in [-0.25, -0.2) is 4.98 Å². The molecule has 24 heavy (non-hydrogen) atoms. The number of pyridine rings is 1. The zero-order valence-corrected chi connectivity index (χ0v) is 14.2. The summed E-state index contributed by atoms with van der Waals surface area (Å²) in [5.41, 5.74) is 2.09. The van der Waals surface area contributed by atoms with Crippen LogP contribution in [0.4, 0.5) is 0 Å². The van der Waals surface area contributed by atoms with Crippen molar-refractivity contribution < 1.29 is 4.79 Å². The number of halogens is 1. The van der Waals surface area contributed by atoms with Gasteiger partial charge in [0.1, 0.15) is 17.7 Å². The van der Waals surface area contributed by atoms with Gasteiger partial charge >= 0.3 is 0 Å². The van der Waals surface area contributed by atoms with Gasteiger partial charge in [0.15, 0.2) is 5.82 Å². The van der Waals surface area contributed by atoms with E-state index >= 15 is 0 Å². The third-order valence-corrected chi connectivity index (χ3v) is 4.75. The number of carbonyl (C=O) groups is 1. The highest BCUT2D eigenvalue weighted by Crippen LogP contribution is 2.26. The first-order valence-electron chi connectivity index (χ1n) is 7.95. The van der Waals surface area contributed by atoms with Gasteiger partial charge in [-0.3, -0.25) is 9.20 Å². The van der Waals surface area contributed by atoms with E-state index in [0.717, 1.165) is 17.2 Å². The lowest BCUT2D eigenvalue weighted by molar-refractivity contribution is 0.0629. The molecule has 0 fully saturated rings. The smallest absolute Gasteiger partial charge is 0.273 e. The van der Waals surface area contributed by atoms with Crippen molar-refractivity contribution in [2.75, 3.05) is 6.54 Å². The number of fused-ring (bicyclic) bond motifs is 2. The van der Waals surface area contributed by atoms with Crippen LogP contribution in [0.25, 0.3) is 5.65 Å². The standard InChI is InChI=1S/C16H17ClN6O/c1-3-12-14(23-8-11(17)4-5-13(23)19-12)16(24)22-7-6-21-9-18-20-15(21)10(22)2/h4-5,8-10H,3,6-7H2,1-2H3. The van der Waals surface area contributed by atoms with Crippen LogP contribution in [0.1, 0.15) is 41.9 Å². The van der Waals surface area contributed by atoms with Crippen LogP contribution in [-0.4, -0.2) is 41.5 Å². The van der Waals surface area contributed by atoms with Gasteiger partial charge in [0.2, 0.25) is 0 Å². The first-order valence-corrected chi connectivity index (χ1v) is 8.33. The maximum Gasteiger partial charge on any atom is 0.273 e. The average molecular weight is 345 g/mol. The maximum absolute atomic E-state index is 13.3. The molecule has 1 amide bonds. The number of amides is 1. The predicted octanol–water partition coefficient (Wildman–Crippen LogP) is 2.36. The summed E-state index contributed by atoms with van der Waals surface area (Å²) >= 11 is 6.12. The largest absolute Gasteiger partial charge is 0.326 e. The Balaban J connectivity index is 1.80. The molecule has 0 spiro atoms. The molecule has 8 heteroatoms. The predicted molar refractivity (Wildman–Crippen MR) is 89.1 cm³/mol. The zero-order valence-electron chi connectivity index (χ0n) is 13.5. The molecule has 0 aromatic carbocycles. The monoisotopic (exact) mass is 344 g/mol. The Kier molecular flexibility index (Phi) is 3.53. The summed E-state index contributed by atoms with van der Waals surface area (Å²) < 4.78 is 3.77. The molecule has 124 valence electrons. The Morgan fingerprint density at radius 1 is 1.38 bits per heavy atom. The maximum atomic E-state index is 13.3. The van der Waals surface area contributed by atoms with Crippen molar-refractivity contribution in [3.05, 3.63) is 46.9 Å². The van der Waals surface area contributed by atoms with Gasteiger partial charge in [-0.2, -0.15) is 0 Å². The topological polar surface area (TPSA) is 68.3 Å². The second-order valence-corrected chi connectivity index (χ2v) is 6.33. The summed E-state index contributed by atoms with van der Waals surface area (Å²) in [6.45, 7) is 5.27. The van der Waals surface area contributed by atoms with Crippen molar-refractivity contribution >= 4 is 23.2 Å². The highest BCUT2D eigenvalue weighted by Gasteiger charge is 2.32. The van der Waals surface area contributed by atoms with E-state index < -0.39 is 0 Å². The first-order chi connectivity index (χ1) is 11.6. The lowest BCUT2D eigenvalue weighted by Crippen LogP contribution is -2.41. The second kappa shape index (κ2) is 5.59. The van der Waals surface area contributed by atoms with Gasteiger partial charge in [-0.05, 0) is 25.5 Å². The molecule has 7 nitrogen and oxygen atoms in total. The van der Waals surface area contributed by atoms with Crippen LogP contribution < -0.4 is 0 Å². The van der Waals surface area contributed by atoms with E-state index in [0.29, 0.717) is 30.2 Å². The molecule has 0 aliphatic carbocycles. The summed E-state index contributed by atoms with van der Waals surface area (Å²) in [5.74, 6) is 0.753. The van der Waals surface area contributed by atoms with Gasteiger partial charge < -0.3 is 9.47 Å². The highest BCUT2D eigenvalue weighted by atomic mass is 35.5. The van der Waals surface area contributed by atoms with Crippen molar-refractivity contribution in [1.29, 1.82) is 0 Å². The fourth-order valence-electron chi connectivity index (χ4n) is 3.26. The Morgan fingerprint density at radius 3 is 3.00 bits per heavy atom. The van der Waals surface area contributed by atoms with Gasteiger partial charge in [0, 0.05) is 19.3 Å². The molecule has 4 rings (SSSR count). The van der Waals surface area contributed by atoms with Crippen LogP contribution in [0.2, 0.25) is 5.02 Å². The van der Waals surface area contributed by atoms with E-state index in [1.54, 1.807) is 23.0 Å². The summed E-state index contributed by atoms with van der Waals surface area (Å²) in [7, 11) is 0. The quantitative estimate of drug-likeness (QED) is 0.715. The summed E-state index contributed by atoms with van der Waals surface area (Å²) in [6.07, 6.45) is 4.13. The fourth-order valence-corrected chi connectivity index (χ4v) is 3.42. The van der Waals surface area contributed by atoms with Crippen LogP contribution in [0.15, 0.2) is 24.7 Å². The molecule has 1 aliphatic heterocycles. The summed E-state index contributed by atoms with van der Waals surface area (Å²) in [5, 5.41) is 8.66. The van der Waals surface area contributed by atoms with Crippen LogP contribution in [0.3, 0.4) is 0 Å². The van der Waals surface area contributed by atoms with Gasteiger partial charge in [0.05, 0.1) is 16.8 Å². The second-order valence-electron chi connectivity index (χ2n) is 5.89. The molecule has 0 bridgehead atoms. The number of rotatable bonds is 2. The Hall–Kier alpha value is -2.41. The molecule has 0 saturated carbocycles. The molecule has 3 aromatic rings. The molecule has 0 radical (unpaired) electrons. The molecular weight excluding hydrogens is 328 g/mol. The lowest BCUT2D eigenvalue weighted by Gasteiger charge is -2.33. The van der Waals surface area contributed by atoms with Crippen molar-refractivity contribution in [1.82, 2.24) is 29.0 Å². The van der Waals surface area contributed by atoms with Gasteiger partial charge in [-0.1, -0.05) is 18.5 Å². The SMILES string of the molecule is CCc1nc2ccc(Cl)cn2c1C(=O)N1CCn2cnnc2C1C. The van der Waals surface area contributed by atoms with Crippen molar-refractivity contribution in [3.63, 3.8) is 0 Å². The number of aryl methyl sites for hydroxylation is 1. The van der Waals surface area contributed by atoms with E-state index in [4.69, 9.17) is 11.6 Å². The Bertz CT molecular complexity index is 930. The zero-order chi connectivity index (χ0) is 16.8. The van der Waals surface area contributed by atoms with Crippen molar-refractivity contribution in [2.24, 2.45) is 0 Å². The molecular formula is C16H17ClN6O. The number of imidazole rings is 1. The normalized spacial score (nSPS) is 17.3. The molecule has 1 atom stereocenters. The minimum absolute atomic E-state index is 0.0524. The van der Waals surface area contributed by atoms with E-state index in [2.05, 4.69) is 15.2 Å². The van der Waals surface area contributed by atoms with Crippen LogP contribution in [-0.2, 0) is 13.0 Å². The van der Waals surface area contributed by atoms with E-state index in [-0.39, 0.29) is 11.9 Å². The number of hydrogen-bond donors (Lipinski definition) is 0. The minimum atomic E-state index is -0.136. The first kappa shape index (κ1) is 15.1. The molecule has 1 aliphatic rings. The van der Waals surface area contributed by atoms with Gasteiger partial charge in [0.25, 0.3) is 5.91 Å². The van der Waals surface area contributed by atoms with Crippen molar-refractivity contribution in [2.45, 2.75) is 32.9 Å². The van der Waals surface area contributed by atoms with Crippen LogP contribution in [0.5, 0.6) is 0 Å². The van der Waals surface area contributed by atoms with E-state index in [9.17, 15) is 4.79 Å². The number of nitrogens with zero attached hydrogens (tertiary/aromatic N) is 6. The van der Waals surface area contributed by atoms with E-state index in [1.165, 1.54) is 0 Å². The summed E-state index contributed by atoms with van der Waals surface area (Å²) in [4.78, 5) is 19.7.